The summed E-state index contributed by atoms with van der Waals surface area (Å²) >= 11 is 0. The van der Waals surface area contributed by atoms with E-state index in [0.717, 1.165) is 18.2 Å². The summed E-state index contributed by atoms with van der Waals surface area (Å²) in [4.78, 5) is 33.4. The molecular weight excluding hydrogens is 272 g/mol. The van der Waals surface area contributed by atoms with Crippen LogP contribution in [0.15, 0.2) is 18.2 Å². The minimum absolute atomic E-state index is 0.195. The average Bonchev–Trinajstić information content (AvgIpc) is 2.43. The lowest BCUT2D eigenvalue weighted by atomic mass is 10.0. The second kappa shape index (κ2) is 6.64. The maximum atomic E-state index is 11.6. The van der Waals surface area contributed by atoms with Crippen LogP contribution in [0.25, 0.3) is 0 Å². The second-order valence-corrected chi connectivity index (χ2v) is 3.76. The summed E-state index contributed by atoms with van der Waals surface area (Å²) in [7, 11) is 0. The molecule has 0 bridgehead atoms. The lowest BCUT2D eigenvalue weighted by molar-refractivity contribution is -0.00546. The smallest absolute Gasteiger partial charge is 0.338 e. The number of carbonyl (C=O) groups is 3. The first-order valence-electron chi connectivity index (χ1n) is 5.44. The molecule has 4 N–H and O–H groups in total. The van der Waals surface area contributed by atoms with E-state index in [0.29, 0.717) is 0 Å². The summed E-state index contributed by atoms with van der Waals surface area (Å²) < 4.78 is 4.69. The molecular formula is C12H12O8. The molecule has 0 aliphatic carbocycles. The Kier molecular flexibility index (Phi) is 5.18. The number of ether oxygens (including phenoxy) is 1. The molecule has 8 nitrogen and oxygen atoms in total. The van der Waals surface area contributed by atoms with Crippen molar-refractivity contribution in [3.63, 3.8) is 0 Å². The quantitative estimate of drug-likeness (QED) is 0.517. The van der Waals surface area contributed by atoms with E-state index in [-0.39, 0.29) is 5.56 Å². The van der Waals surface area contributed by atoms with Crippen LogP contribution in [0.5, 0.6) is 0 Å². The predicted octanol–water partition coefficient (Wildman–Crippen LogP) is -0.407. The first kappa shape index (κ1) is 15.6. The molecule has 0 amide bonds. The van der Waals surface area contributed by atoms with Gasteiger partial charge in [0, 0.05) is 0 Å². The molecule has 0 aromatic heterocycles. The second-order valence-electron chi connectivity index (χ2n) is 3.76. The molecule has 0 aliphatic heterocycles. The number of benzene rings is 1. The van der Waals surface area contributed by atoms with Gasteiger partial charge in [0.1, 0.15) is 6.10 Å². The van der Waals surface area contributed by atoms with Gasteiger partial charge in [-0.15, -0.1) is 0 Å². The molecule has 20 heavy (non-hydrogen) atoms. The van der Waals surface area contributed by atoms with Crippen molar-refractivity contribution >= 4 is 17.9 Å². The number of aromatic carboxylic acids is 2. The molecule has 0 unspecified atom stereocenters. The van der Waals surface area contributed by atoms with Gasteiger partial charge in [0.05, 0.1) is 29.9 Å². The van der Waals surface area contributed by atoms with Crippen molar-refractivity contribution in [3.8, 4) is 0 Å². The Bertz CT molecular complexity index is 532. The number of esters is 1. The molecule has 0 fully saturated rings. The normalized spacial score (nSPS) is 10.3. The summed E-state index contributed by atoms with van der Waals surface area (Å²) in [5.41, 5.74) is -1.22. The number of carboxylic acids is 2. The summed E-state index contributed by atoms with van der Waals surface area (Å²) in [5.74, 6) is -3.92. The molecule has 108 valence electrons. The topological polar surface area (TPSA) is 141 Å². The molecule has 0 saturated carbocycles. The Hall–Kier alpha value is -2.45. The number of carbonyl (C=O) groups excluding carboxylic acids is 1. The molecule has 0 saturated heterocycles. The molecule has 0 aliphatic rings. The van der Waals surface area contributed by atoms with Crippen LogP contribution < -0.4 is 0 Å². The SMILES string of the molecule is O=C(OC(CO)CO)c1ccc(C(=O)O)c(C(=O)O)c1. The number of aliphatic hydroxyl groups excluding tert-OH is 2. The van der Waals surface area contributed by atoms with Gasteiger partial charge < -0.3 is 25.2 Å². The summed E-state index contributed by atoms with van der Waals surface area (Å²) in [6.07, 6.45) is -1.13. The van der Waals surface area contributed by atoms with Gasteiger partial charge in [0.25, 0.3) is 0 Å². The van der Waals surface area contributed by atoms with Crippen LogP contribution in [0.4, 0.5) is 0 Å². The Morgan fingerprint density at radius 2 is 1.55 bits per heavy atom. The van der Waals surface area contributed by atoms with Crippen molar-refractivity contribution < 1.29 is 39.5 Å². The van der Waals surface area contributed by atoms with Crippen molar-refractivity contribution in [2.75, 3.05) is 13.2 Å². The van der Waals surface area contributed by atoms with E-state index in [1.807, 2.05) is 0 Å². The van der Waals surface area contributed by atoms with E-state index in [4.69, 9.17) is 25.2 Å². The van der Waals surface area contributed by atoms with Crippen molar-refractivity contribution in [3.05, 3.63) is 34.9 Å². The van der Waals surface area contributed by atoms with Gasteiger partial charge in [-0.1, -0.05) is 0 Å². The highest BCUT2D eigenvalue weighted by molar-refractivity contribution is 6.03. The van der Waals surface area contributed by atoms with Crippen LogP contribution in [-0.2, 0) is 4.74 Å². The fourth-order valence-electron chi connectivity index (χ4n) is 1.39. The van der Waals surface area contributed by atoms with Crippen LogP contribution in [0.2, 0.25) is 0 Å². The van der Waals surface area contributed by atoms with Crippen LogP contribution in [0.1, 0.15) is 31.1 Å². The van der Waals surface area contributed by atoms with Gasteiger partial charge in [0.15, 0.2) is 0 Å². The highest BCUT2D eigenvalue weighted by Crippen LogP contribution is 2.14. The highest BCUT2D eigenvalue weighted by Gasteiger charge is 2.20. The minimum Gasteiger partial charge on any atom is -0.478 e. The lowest BCUT2D eigenvalue weighted by Crippen LogP contribution is -2.25. The van der Waals surface area contributed by atoms with E-state index in [9.17, 15) is 14.4 Å². The molecule has 0 heterocycles. The first-order valence-corrected chi connectivity index (χ1v) is 5.44. The van der Waals surface area contributed by atoms with Gasteiger partial charge in [-0.2, -0.15) is 0 Å². The lowest BCUT2D eigenvalue weighted by Gasteiger charge is -2.13. The Labute approximate surface area is 112 Å². The third kappa shape index (κ3) is 3.53. The fraction of sp³-hybridized carbons (Fsp3) is 0.250. The van der Waals surface area contributed by atoms with Gasteiger partial charge in [0.2, 0.25) is 0 Å². The van der Waals surface area contributed by atoms with E-state index in [1.54, 1.807) is 0 Å². The largest absolute Gasteiger partial charge is 0.478 e. The maximum Gasteiger partial charge on any atom is 0.338 e. The van der Waals surface area contributed by atoms with Crippen LogP contribution in [0, 0.1) is 0 Å². The van der Waals surface area contributed by atoms with E-state index in [1.165, 1.54) is 0 Å². The van der Waals surface area contributed by atoms with E-state index >= 15 is 0 Å². The standard InChI is InChI=1S/C12H12O8/c13-4-7(5-14)20-12(19)6-1-2-8(10(15)16)9(3-6)11(17)18/h1-3,7,13-14H,4-5H2,(H,15,16)(H,17,18). The number of hydrogen-bond acceptors (Lipinski definition) is 6. The number of rotatable bonds is 6. The third-order valence-corrected chi connectivity index (χ3v) is 2.40. The van der Waals surface area contributed by atoms with Crippen molar-refractivity contribution in [1.82, 2.24) is 0 Å². The van der Waals surface area contributed by atoms with Gasteiger partial charge in [-0.05, 0) is 18.2 Å². The van der Waals surface area contributed by atoms with Gasteiger partial charge in [-0.25, -0.2) is 14.4 Å². The maximum absolute atomic E-state index is 11.6. The molecule has 1 aromatic carbocycles. The summed E-state index contributed by atoms with van der Waals surface area (Å²) in [6, 6.07) is 2.92. The highest BCUT2D eigenvalue weighted by atomic mass is 16.6. The van der Waals surface area contributed by atoms with Crippen LogP contribution in [0.3, 0.4) is 0 Å². The average molecular weight is 284 g/mol. The van der Waals surface area contributed by atoms with E-state index < -0.39 is 48.4 Å². The molecule has 8 heteroatoms. The van der Waals surface area contributed by atoms with Gasteiger partial charge >= 0.3 is 17.9 Å². The van der Waals surface area contributed by atoms with Crippen molar-refractivity contribution in [2.45, 2.75) is 6.10 Å². The fourth-order valence-corrected chi connectivity index (χ4v) is 1.39. The van der Waals surface area contributed by atoms with Crippen LogP contribution >= 0.6 is 0 Å². The molecule has 1 aromatic rings. The molecule has 1 rings (SSSR count). The zero-order chi connectivity index (χ0) is 15.3. The molecule has 0 radical (unpaired) electrons. The summed E-state index contributed by atoms with van der Waals surface area (Å²) in [5, 5.41) is 35.3. The zero-order valence-corrected chi connectivity index (χ0v) is 10.1. The zero-order valence-electron chi connectivity index (χ0n) is 10.1. The number of carboxylic acid groups (broad SMARTS) is 2. The molecule has 0 spiro atoms. The van der Waals surface area contributed by atoms with Crippen molar-refractivity contribution in [1.29, 1.82) is 0 Å². The van der Waals surface area contributed by atoms with Crippen LogP contribution in [-0.4, -0.2) is 57.7 Å². The monoisotopic (exact) mass is 284 g/mol. The van der Waals surface area contributed by atoms with E-state index in [2.05, 4.69) is 0 Å². The van der Waals surface area contributed by atoms with Crippen molar-refractivity contribution in [2.24, 2.45) is 0 Å². The summed E-state index contributed by atoms with van der Waals surface area (Å²) in [6.45, 7) is -1.19. The third-order valence-electron chi connectivity index (χ3n) is 2.40. The Morgan fingerprint density at radius 1 is 1.00 bits per heavy atom. The Morgan fingerprint density at radius 3 is 2.00 bits per heavy atom. The minimum atomic E-state index is -1.50. The molecule has 0 atom stereocenters. The predicted molar refractivity (Wildman–Crippen MR) is 63.7 cm³/mol. The first-order chi connectivity index (χ1) is 9.40. The van der Waals surface area contributed by atoms with Gasteiger partial charge in [-0.3, -0.25) is 0 Å². The number of aliphatic hydroxyl groups is 2. The number of hydrogen-bond donors (Lipinski definition) is 4. The Balaban J connectivity index is 3.09.